The van der Waals surface area contributed by atoms with E-state index in [9.17, 15) is 14.4 Å². The van der Waals surface area contributed by atoms with Gasteiger partial charge in [-0.25, -0.2) is 4.79 Å². The molecule has 3 N–H and O–H groups in total. The number of hydrogen-bond acceptors (Lipinski definition) is 5. The van der Waals surface area contributed by atoms with Crippen molar-refractivity contribution < 1.29 is 23.9 Å². The zero-order valence-electron chi connectivity index (χ0n) is 18.4. The third-order valence-corrected chi connectivity index (χ3v) is 5.04. The molecule has 3 aromatic carbocycles. The number of amides is 3. The van der Waals surface area contributed by atoms with Crippen molar-refractivity contribution in [3.8, 4) is 5.75 Å². The molecule has 0 spiro atoms. The molecule has 0 aliphatic heterocycles. The first kappa shape index (κ1) is 24.6. The van der Waals surface area contributed by atoms with Crippen LogP contribution >= 0.6 is 11.6 Å². The van der Waals surface area contributed by atoms with Crippen molar-refractivity contribution in [2.24, 2.45) is 0 Å². The Bertz CT molecular complexity index is 1130. The summed E-state index contributed by atoms with van der Waals surface area (Å²) in [5.41, 5.74) is 6.44. The molecule has 9 heteroatoms. The van der Waals surface area contributed by atoms with E-state index < -0.39 is 23.9 Å². The van der Waals surface area contributed by atoms with Crippen LogP contribution in [-0.2, 0) is 22.6 Å². The van der Waals surface area contributed by atoms with Gasteiger partial charge in [-0.15, -0.1) is 0 Å². The Balaban J connectivity index is 1.64. The Morgan fingerprint density at radius 3 is 2.18 bits per heavy atom. The number of hydrogen-bond donors (Lipinski definition) is 3. The van der Waals surface area contributed by atoms with E-state index in [-0.39, 0.29) is 18.6 Å². The minimum Gasteiger partial charge on any atom is -0.496 e. The Hall–Kier alpha value is -4.04. The summed E-state index contributed by atoms with van der Waals surface area (Å²) in [6, 6.07) is 21.8. The van der Waals surface area contributed by atoms with Crippen LogP contribution in [0.2, 0.25) is 5.02 Å². The minimum absolute atomic E-state index is 0.0532. The summed E-state index contributed by atoms with van der Waals surface area (Å²) in [6.07, 6.45) is -0.577. The summed E-state index contributed by atoms with van der Waals surface area (Å²) >= 11 is 5.97. The molecule has 8 nitrogen and oxygen atoms in total. The molecule has 3 aromatic rings. The first-order chi connectivity index (χ1) is 16.5. The van der Waals surface area contributed by atoms with Crippen LogP contribution in [0.4, 0.5) is 4.79 Å². The van der Waals surface area contributed by atoms with Crippen molar-refractivity contribution in [3.05, 3.63) is 101 Å². The Labute approximate surface area is 202 Å². The SMILES string of the molecule is COc1ccc(Cl)cc1C(=O)NNC(=O)[C@H](Cc1ccccc1)NC(=O)OCc1ccccc1. The monoisotopic (exact) mass is 481 g/mol. The van der Waals surface area contributed by atoms with Gasteiger partial charge in [0.25, 0.3) is 11.8 Å². The normalized spacial score (nSPS) is 11.1. The topological polar surface area (TPSA) is 106 Å². The lowest BCUT2D eigenvalue weighted by Crippen LogP contribution is -2.53. The van der Waals surface area contributed by atoms with E-state index >= 15 is 0 Å². The number of carbonyl (C=O) groups excluding carboxylic acids is 3. The van der Waals surface area contributed by atoms with E-state index in [0.717, 1.165) is 11.1 Å². The summed E-state index contributed by atoms with van der Waals surface area (Å²) in [7, 11) is 1.42. The molecule has 0 aliphatic carbocycles. The molecule has 0 radical (unpaired) electrons. The van der Waals surface area contributed by atoms with Gasteiger partial charge in [0, 0.05) is 11.4 Å². The lowest BCUT2D eigenvalue weighted by atomic mass is 10.1. The smallest absolute Gasteiger partial charge is 0.408 e. The van der Waals surface area contributed by atoms with Crippen molar-refractivity contribution in [1.29, 1.82) is 0 Å². The maximum atomic E-state index is 12.9. The van der Waals surface area contributed by atoms with Crippen LogP contribution < -0.4 is 20.9 Å². The van der Waals surface area contributed by atoms with Gasteiger partial charge in [0.05, 0.1) is 12.7 Å². The van der Waals surface area contributed by atoms with E-state index in [1.54, 1.807) is 12.1 Å². The van der Waals surface area contributed by atoms with Crippen LogP contribution in [0, 0.1) is 0 Å². The first-order valence-electron chi connectivity index (χ1n) is 10.4. The van der Waals surface area contributed by atoms with Gasteiger partial charge in [-0.2, -0.15) is 0 Å². The van der Waals surface area contributed by atoms with Gasteiger partial charge >= 0.3 is 6.09 Å². The lowest BCUT2D eigenvalue weighted by molar-refractivity contribution is -0.123. The lowest BCUT2D eigenvalue weighted by Gasteiger charge is -2.19. The molecular weight excluding hydrogens is 458 g/mol. The second kappa shape index (κ2) is 12.3. The van der Waals surface area contributed by atoms with Gasteiger partial charge < -0.3 is 14.8 Å². The van der Waals surface area contributed by atoms with Crippen LogP contribution in [0.5, 0.6) is 5.75 Å². The number of ether oxygens (including phenoxy) is 2. The van der Waals surface area contributed by atoms with Crippen LogP contribution in [0.25, 0.3) is 0 Å². The van der Waals surface area contributed by atoms with Gasteiger partial charge in [-0.1, -0.05) is 72.3 Å². The van der Waals surface area contributed by atoms with E-state index in [1.165, 1.54) is 13.2 Å². The summed E-state index contributed by atoms with van der Waals surface area (Å²) < 4.78 is 10.4. The van der Waals surface area contributed by atoms with Crippen LogP contribution in [0.3, 0.4) is 0 Å². The van der Waals surface area contributed by atoms with Gasteiger partial charge in [-0.05, 0) is 29.3 Å². The number of nitrogens with one attached hydrogen (secondary N) is 3. The van der Waals surface area contributed by atoms with Crippen LogP contribution in [-0.4, -0.2) is 31.1 Å². The maximum Gasteiger partial charge on any atom is 0.408 e. The quantitative estimate of drug-likeness (QED) is 0.426. The van der Waals surface area contributed by atoms with E-state index in [0.29, 0.717) is 10.8 Å². The van der Waals surface area contributed by atoms with Gasteiger partial charge in [-0.3, -0.25) is 20.4 Å². The number of carbonyl (C=O) groups is 3. The van der Waals surface area contributed by atoms with Crippen molar-refractivity contribution in [2.75, 3.05) is 7.11 Å². The second-order valence-corrected chi connectivity index (χ2v) is 7.67. The van der Waals surface area contributed by atoms with E-state index in [2.05, 4.69) is 16.2 Å². The fourth-order valence-electron chi connectivity index (χ4n) is 3.10. The number of hydrazine groups is 1. The van der Waals surface area contributed by atoms with Crippen molar-refractivity contribution in [1.82, 2.24) is 16.2 Å². The molecule has 0 aromatic heterocycles. The Morgan fingerprint density at radius 2 is 1.53 bits per heavy atom. The highest BCUT2D eigenvalue weighted by Gasteiger charge is 2.23. The predicted molar refractivity (Wildman–Crippen MR) is 127 cm³/mol. The zero-order valence-corrected chi connectivity index (χ0v) is 19.2. The molecular formula is C25H24ClN3O5. The van der Waals surface area contributed by atoms with Gasteiger partial charge in [0.15, 0.2) is 0 Å². The molecule has 0 unspecified atom stereocenters. The third kappa shape index (κ3) is 7.25. The maximum absolute atomic E-state index is 12.9. The molecule has 0 saturated carbocycles. The van der Waals surface area contributed by atoms with Gasteiger partial charge in [0.2, 0.25) is 0 Å². The highest BCUT2D eigenvalue weighted by atomic mass is 35.5. The summed E-state index contributed by atoms with van der Waals surface area (Å²) in [5, 5.41) is 2.90. The average Bonchev–Trinajstić information content (AvgIpc) is 2.86. The molecule has 3 amide bonds. The number of benzene rings is 3. The Morgan fingerprint density at radius 1 is 0.882 bits per heavy atom. The Kier molecular flexibility index (Phi) is 8.88. The van der Waals surface area contributed by atoms with E-state index in [1.807, 2.05) is 60.7 Å². The van der Waals surface area contributed by atoms with Gasteiger partial charge in [0.1, 0.15) is 18.4 Å². The number of alkyl carbamates (subject to hydrolysis) is 1. The number of rotatable bonds is 8. The summed E-state index contributed by atoms with van der Waals surface area (Å²) in [6.45, 7) is 0.0532. The summed E-state index contributed by atoms with van der Waals surface area (Å²) in [4.78, 5) is 37.8. The molecule has 3 rings (SSSR count). The van der Waals surface area contributed by atoms with Crippen molar-refractivity contribution >= 4 is 29.5 Å². The largest absolute Gasteiger partial charge is 0.496 e. The molecule has 0 aliphatic rings. The third-order valence-electron chi connectivity index (χ3n) is 4.81. The molecule has 1 atom stereocenters. The van der Waals surface area contributed by atoms with Crippen LogP contribution in [0.1, 0.15) is 21.5 Å². The highest BCUT2D eigenvalue weighted by Crippen LogP contribution is 2.22. The number of methoxy groups -OCH3 is 1. The minimum atomic E-state index is -1.01. The molecule has 0 bridgehead atoms. The first-order valence-corrected chi connectivity index (χ1v) is 10.8. The molecule has 0 heterocycles. The van der Waals surface area contributed by atoms with Crippen molar-refractivity contribution in [2.45, 2.75) is 19.1 Å². The fourth-order valence-corrected chi connectivity index (χ4v) is 3.27. The number of halogens is 1. The predicted octanol–water partition coefficient (Wildman–Crippen LogP) is 3.65. The molecule has 176 valence electrons. The molecule has 0 fully saturated rings. The van der Waals surface area contributed by atoms with Crippen LogP contribution in [0.15, 0.2) is 78.9 Å². The average molecular weight is 482 g/mol. The summed E-state index contributed by atoms with van der Waals surface area (Å²) in [5.74, 6) is -0.965. The molecule has 0 saturated heterocycles. The fraction of sp³-hybridized carbons (Fsp3) is 0.160. The highest BCUT2D eigenvalue weighted by molar-refractivity contribution is 6.31. The second-order valence-electron chi connectivity index (χ2n) is 7.24. The molecule has 34 heavy (non-hydrogen) atoms. The van der Waals surface area contributed by atoms with E-state index in [4.69, 9.17) is 21.1 Å². The zero-order chi connectivity index (χ0) is 24.3. The van der Waals surface area contributed by atoms with Crippen molar-refractivity contribution in [3.63, 3.8) is 0 Å². The standard InChI is InChI=1S/C25H24ClN3O5/c1-33-22-13-12-19(26)15-20(22)23(30)28-29-24(31)21(14-17-8-4-2-5-9-17)27-25(32)34-16-18-10-6-3-7-11-18/h2-13,15,21H,14,16H2,1H3,(H,27,32)(H,28,30)(H,29,31)/t21-/m0/s1.